The Hall–Kier alpha value is -8.65. The molecule has 0 amide bonds. The van der Waals surface area contributed by atoms with Crippen LogP contribution in [0.1, 0.15) is 281 Å². The van der Waals surface area contributed by atoms with Gasteiger partial charge in [0, 0.05) is 21.9 Å². The van der Waals surface area contributed by atoms with Crippen LogP contribution in [0.15, 0.2) is 194 Å². The minimum atomic E-state index is -0.000386. The van der Waals surface area contributed by atoms with Crippen LogP contribution in [0.3, 0.4) is 0 Å². The molecule has 0 fully saturated rings. The highest BCUT2D eigenvalue weighted by Gasteiger charge is 2.37. The second kappa shape index (κ2) is 25.8. The van der Waals surface area contributed by atoms with E-state index in [2.05, 4.69) is 368 Å². The minimum Gasteiger partial charge on any atom is -0.289 e. The zero-order valence-corrected chi connectivity index (χ0v) is 67.3. The first kappa shape index (κ1) is 75.0. The van der Waals surface area contributed by atoms with Crippen molar-refractivity contribution in [2.45, 2.75) is 249 Å². The third kappa shape index (κ3) is 13.4. The molecular weight excluding hydrogens is 1250 g/mol. The summed E-state index contributed by atoms with van der Waals surface area (Å²) in [5.74, 6) is 0.148. The van der Waals surface area contributed by atoms with Crippen molar-refractivity contribution in [1.29, 1.82) is 0 Å². The summed E-state index contributed by atoms with van der Waals surface area (Å²) in [6.07, 6.45) is 2.08. The highest BCUT2D eigenvalue weighted by atomic mass is 16.1. The molecule has 0 aromatic heterocycles. The Balaban J connectivity index is 0.000000130. The molecule has 0 unspecified atom stereocenters. The Morgan fingerprint density at radius 2 is 0.548 bits per heavy atom. The van der Waals surface area contributed by atoms with Crippen LogP contribution in [0.4, 0.5) is 0 Å². The van der Waals surface area contributed by atoms with Crippen LogP contribution in [-0.2, 0) is 61.6 Å². The monoisotopic (exact) mass is 1370 g/mol. The van der Waals surface area contributed by atoms with Crippen LogP contribution in [-0.4, -0.2) is 5.78 Å². The van der Waals surface area contributed by atoms with Gasteiger partial charge in [0.2, 0.25) is 0 Å². The lowest BCUT2D eigenvalue weighted by molar-refractivity contribution is 0.104. The molecule has 1 heteroatoms. The summed E-state index contributed by atoms with van der Waals surface area (Å²) in [4.78, 5) is 13.3. The van der Waals surface area contributed by atoms with Gasteiger partial charge in [0.25, 0.3) is 0 Å². The topological polar surface area (TPSA) is 17.1 Å². The molecule has 0 saturated carbocycles. The largest absolute Gasteiger partial charge is 0.289 e. The maximum atomic E-state index is 13.3. The molecule has 0 radical (unpaired) electrons. The Morgan fingerprint density at radius 1 is 0.240 bits per heavy atom. The van der Waals surface area contributed by atoms with Crippen LogP contribution in [0.25, 0.3) is 87.6 Å². The van der Waals surface area contributed by atoms with Crippen LogP contribution in [0.5, 0.6) is 0 Å². The van der Waals surface area contributed by atoms with Crippen molar-refractivity contribution >= 4 is 48.9 Å². The molecule has 4 aliphatic rings. The Bertz CT molecular complexity index is 5250. The van der Waals surface area contributed by atoms with Gasteiger partial charge >= 0.3 is 0 Å². The first-order valence-electron chi connectivity index (χ1n) is 38.2. The van der Waals surface area contributed by atoms with Crippen molar-refractivity contribution in [2.24, 2.45) is 0 Å². The first-order valence-corrected chi connectivity index (χ1v) is 38.2. The van der Waals surface area contributed by atoms with E-state index in [-0.39, 0.29) is 61.9 Å². The summed E-state index contributed by atoms with van der Waals surface area (Å²) in [7, 11) is 0. The van der Waals surface area contributed by atoms with E-state index in [0.29, 0.717) is 0 Å². The smallest absolute Gasteiger partial charge is 0.194 e. The molecule has 16 rings (SSSR count). The molecule has 0 atom stereocenters. The highest BCUT2D eigenvalue weighted by molar-refractivity contribution is 6.26. The second-order valence-electron chi connectivity index (χ2n) is 39.4. The number of carbonyl (C=O) groups is 1. The van der Waals surface area contributed by atoms with Crippen LogP contribution >= 0.6 is 0 Å². The summed E-state index contributed by atoms with van der Waals surface area (Å²) in [5, 5.41) is 11.0. The van der Waals surface area contributed by atoms with E-state index < -0.39 is 0 Å². The van der Waals surface area contributed by atoms with E-state index >= 15 is 0 Å². The van der Waals surface area contributed by atoms with E-state index in [1.807, 2.05) is 6.07 Å². The van der Waals surface area contributed by atoms with Crippen LogP contribution in [0.2, 0.25) is 0 Å². The van der Waals surface area contributed by atoms with Gasteiger partial charge in [-0.05, 0) is 222 Å². The molecule has 0 bridgehead atoms. The number of hydrogen-bond donors (Lipinski definition) is 0. The molecule has 1 nitrogen and oxygen atoms in total. The zero-order chi connectivity index (χ0) is 74.6. The standard InChI is InChI=1S/C27H32.C25H26O.2C25H28.CH4/c1-25(2,3)17-12-13-18-19-10-9-11-20-21(26(4,5)6)14-15-22(24(19)20)27(7,8)23(18)16-17;1-24(2,3)15-10-11-16-17-8-7-9-18-21(25(4,5)6)13-12-19(22(17)18)23(26)20(16)14-15;2*1-24(2,3)18-11-12-19-17(15-18)14-16-10-13-22(25(4,5)6)21-9-7-8-20(19)23(16)21;/h9-16H,1-8H3;7-14H,1-6H3;2*7-13,15H,14H2,1-6H3;1H4. The maximum Gasteiger partial charge on any atom is 0.194 e. The molecule has 0 saturated heterocycles. The minimum absolute atomic E-state index is 0. The number of carbonyl (C=O) groups excluding carboxylic acids is 1. The van der Waals surface area contributed by atoms with Gasteiger partial charge in [0.1, 0.15) is 0 Å². The predicted molar refractivity (Wildman–Crippen MR) is 455 cm³/mol. The number of benzene rings is 12. The summed E-state index contributed by atoms with van der Waals surface area (Å²) in [6, 6.07) is 73.0. The fourth-order valence-corrected chi connectivity index (χ4v) is 17.1. The lowest BCUT2D eigenvalue weighted by atomic mass is 9.66. The van der Waals surface area contributed by atoms with Gasteiger partial charge in [0.05, 0.1) is 0 Å². The van der Waals surface area contributed by atoms with Crippen molar-refractivity contribution in [2.75, 3.05) is 0 Å². The third-order valence-electron chi connectivity index (χ3n) is 23.0. The Labute approximate surface area is 626 Å². The van der Waals surface area contributed by atoms with Crippen molar-refractivity contribution < 1.29 is 4.79 Å². The second-order valence-corrected chi connectivity index (χ2v) is 39.4. The average Bonchev–Trinajstić information content (AvgIpc) is 0.750. The van der Waals surface area contributed by atoms with Crippen molar-refractivity contribution in [3.63, 3.8) is 0 Å². The lowest BCUT2D eigenvalue weighted by Crippen LogP contribution is -2.26. The zero-order valence-electron chi connectivity index (χ0n) is 67.3. The molecule has 0 N–H and O–H groups in total. The van der Waals surface area contributed by atoms with E-state index in [0.717, 1.165) is 34.9 Å². The number of fused-ring (bicyclic) bond motifs is 8. The number of hydrogen-bond acceptors (Lipinski definition) is 1. The summed E-state index contributed by atoms with van der Waals surface area (Å²) in [6.45, 7) is 59.5. The normalized spacial score (nSPS) is 14.2. The van der Waals surface area contributed by atoms with E-state index in [9.17, 15) is 4.79 Å². The van der Waals surface area contributed by atoms with Gasteiger partial charge in [-0.25, -0.2) is 0 Å². The van der Waals surface area contributed by atoms with Gasteiger partial charge in [-0.15, -0.1) is 0 Å². The molecule has 536 valence electrons. The molecule has 104 heavy (non-hydrogen) atoms. The van der Waals surface area contributed by atoms with Gasteiger partial charge in [-0.1, -0.05) is 376 Å². The van der Waals surface area contributed by atoms with Crippen LogP contribution in [0, 0.1) is 0 Å². The molecule has 12 aromatic rings. The SMILES string of the molecule is C.CC(C)(C)c1ccc2c(c1)C(=O)c1ccc(C(C)(C)C)c3cccc-2c13.CC(C)(C)c1ccc2c(c1)C(C)(C)c1ccc(C(C)(C)C)c3cccc-2c13.CC(C)(C)c1ccc2c(c1)Cc1ccc(C(C)(C)C)c3cccc-2c13.CC(C)(C)c1ccc2c(c1)Cc1ccc(C(C)(C)C)c3cccc-2c13. The van der Waals surface area contributed by atoms with Crippen molar-refractivity contribution in [3.05, 3.63) is 283 Å². The van der Waals surface area contributed by atoms with E-state index in [1.165, 1.54) is 155 Å². The Kier molecular flexibility index (Phi) is 18.7. The first-order chi connectivity index (χ1) is 47.8. The van der Waals surface area contributed by atoms with E-state index in [4.69, 9.17) is 0 Å². The highest BCUT2D eigenvalue weighted by Crippen LogP contribution is 2.53. The molecule has 0 spiro atoms. The predicted octanol–water partition coefficient (Wildman–Crippen LogP) is 29.0. The van der Waals surface area contributed by atoms with Gasteiger partial charge in [-0.3, -0.25) is 4.79 Å². The fourth-order valence-electron chi connectivity index (χ4n) is 17.1. The lowest BCUT2D eigenvalue weighted by Gasteiger charge is -2.37. The number of ketones is 1. The molecular formula is C103H118O. The summed E-state index contributed by atoms with van der Waals surface area (Å²) < 4.78 is 0. The molecule has 0 aliphatic heterocycles. The van der Waals surface area contributed by atoms with E-state index in [1.54, 1.807) is 0 Å². The fraction of sp³-hybridized carbons (Fsp3) is 0.369. The van der Waals surface area contributed by atoms with Gasteiger partial charge < -0.3 is 0 Å². The van der Waals surface area contributed by atoms with Crippen LogP contribution < -0.4 is 0 Å². The summed E-state index contributed by atoms with van der Waals surface area (Å²) >= 11 is 0. The number of rotatable bonds is 0. The van der Waals surface area contributed by atoms with Crippen molar-refractivity contribution in [3.8, 4) is 44.5 Å². The summed E-state index contributed by atoms with van der Waals surface area (Å²) in [5.41, 5.74) is 33.3. The quantitative estimate of drug-likeness (QED) is 0.148. The van der Waals surface area contributed by atoms with Gasteiger partial charge in [0.15, 0.2) is 5.78 Å². The Morgan fingerprint density at radius 3 is 0.942 bits per heavy atom. The van der Waals surface area contributed by atoms with Gasteiger partial charge in [-0.2, -0.15) is 0 Å². The average molecular weight is 1370 g/mol. The molecule has 0 heterocycles. The maximum absolute atomic E-state index is 13.3. The van der Waals surface area contributed by atoms with Crippen molar-refractivity contribution in [1.82, 2.24) is 0 Å². The third-order valence-corrected chi connectivity index (χ3v) is 23.0. The molecule has 4 aliphatic carbocycles. The molecule has 12 aromatic carbocycles.